The van der Waals surface area contributed by atoms with E-state index in [0.717, 1.165) is 12.1 Å². The van der Waals surface area contributed by atoms with Crippen molar-refractivity contribution < 1.29 is 0 Å². The van der Waals surface area contributed by atoms with Gasteiger partial charge in [-0.05, 0) is 37.5 Å². The quantitative estimate of drug-likeness (QED) is 0.910. The maximum absolute atomic E-state index is 6.21. The first-order valence-corrected chi connectivity index (χ1v) is 7.57. The van der Waals surface area contributed by atoms with Gasteiger partial charge in [-0.25, -0.2) is 0 Å². The van der Waals surface area contributed by atoms with Crippen molar-refractivity contribution in [1.29, 1.82) is 0 Å². The molecular formula is C15H17Cl2N3. The van der Waals surface area contributed by atoms with Gasteiger partial charge in [-0.1, -0.05) is 29.3 Å². The second kappa shape index (κ2) is 5.76. The Bertz CT molecular complexity index is 618. The van der Waals surface area contributed by atoms with Gasteiger partial charge in [0.25, 0.3) is 0 Å². The van der Waals surface area contributed by atoms with E-state index in [0.29, 0.717) is 22.6 Å². The third-order valence-electron chi connectivity index (χ3n) is 3.70. The van der Waals surface area contributed by atoms with Crippen molar-refractivity contribution in [1.82, 2.24) is 15.1 Å². The summed E-state index contributed by atoms with van der Waals surface area (Å²) in [6.07, 6.45) is 4.54. The third kappa shape index (κ3) is 3.17. The molecule has 0 amide bonds. The molecular weight excluding hydrogens is 293 g/mol. The summed E-state index contributed by atoms with van der Waals surface area (Å²) in [5.74, 6) is 0. The first kappa shape index (κ1) is 13.9. The molecule has 0 aliphatic heterocycles. The minimum absolute atomic E-state index is 0.658. The normalized spacial score (nSPS) is 14.8. The summed E-state index contributed by atoms with van der Waals surface area (Å²) in [5.41, 5.74) is 3.47. The van der Waals surface area contributed by atoms with E-state index in [1.165, 1.54) is 24.1 Å². The maximum Gasteiger partial charge on any atom is 0.0677 e. The number of rotatable bonds is 5. The Morgan fingerprint density at radius 3 is 2.80 bits per heavy atom. The number of aromatic nitrogens is 2. The molecule has 20 heavy (non-hydrogen) atoms. The van der Waals surface area contributed by atoms with Crippen LogP contribution in [0.4, 0.5) is 0 Å². The van der Waals surface area contributed by atoms with Crippen LogP contribution in [-0.2, 0) is 13.1 Å². The van der Waals surface area contributed by atoms with Crippen molar-refractivity contribution in [2.45, 2.75) is 38.9 Å². The van der Waals surface area contributed by atoms with Crippen molar-refractivity contribution in [3.63, 3.8) is 0 Å². The lowest BCUT2D eigenvalue weighted by atomic mass is 10.2. The van der Waals surface area contributed by atoms with Crippen LogP contribution in [0.5, 0.6) is 0 Å². The van der Waals surface area contributed by atoms with Gasteiger partial charge < -0.3 is 5.32 Å². The van der Waals surface area contributed by atoms with E-state index in [9.17, 15) is 0 Å². The van der Waals surface area contributed by atoms with Crippen LogP contribution in [0, 0.1) is 6.92 Å². The molecule has 1 fully saturated rings. The summed E-state index contributed by atoms with van der Waals surface area (Å²) in [6.45, 7) is 3.66. The second-order valence-corrected chi connectivity index (χ2v) is 6.15. The highest BCUT2D eigenvalue weighted by atomic mass is 35.5. The van der Waals surface area contributed by atoms with Gasteiger partial charge in [0.2, 0.25) is 0 Å². The predicted molar refractivity (Wildman–Crippen MR) is 82.4 cm³/mol. The number of nitrogens with zero attached hydrogens (tertiary/aromatic N) is 2. The minimum atomic E-state index is 0.658. The fourth-order valence-corrected chi connectivity index (χ4v) is 2.64. The van der Waals surface area contributed by atoms with Gasteiger partial charge in [0.1, 0.15) is 0 Å². The highest BCUT2D eigenvalue weighted by Crippen LogP contribution is 2.23. The van der Waals surface area contributed by atoms with Crippen LogP contribution in [0.15, 0.2) is 24.4 Å². The van der Waals surface area contributed by atoms with Gasteiger partial charge >= 0.3 is 0 Å². The lowest BCUT2D eigenvalue weighted by Crippen LogP contribution is -2.16. The number of hydrogen-bond donors (Lipinski definition) is 1. The molecule has 0 radical (unpaired) electrons. The third-order valence-corrected chi connectivity index (χ3v) is 4.29. The first-order valence-electron chi connectivity index (χ1n) is 6.82. The number of hydrogen-bond acceptors (Lipinski definition) is 2. The van der Waals surface area contributed by atoms with Gasteiger partial charge in [0.15, 0.2) is 0 Å². The van der Waals surface area contributed by atoms with Crippen LogP contribution >= 0.6 is 23.2 Å². The Labute approximate surface area is 128 Å². The molecule has 0 atom stereocenters. The summed E-state index contributed by atoms with van der Waals surface area (Å²) in [4.78, 5) is 0. The molecule has 1 N–H and O–H groups in total. The predicted octanol–water partition coefficient (Wildman–Crippen LogP) is 3.80. The lowest BCUT2D eigenvalue weighted by Gasteiger charge is -2.08. The van der Waals surface area contributed by atoms with E-state index in [-0.39, 0.29) is 0 Å². The zero-order valence-corrected chi connectivity index (χ0v) is 12.9. The maximum atomic E-state index is 6.21. The van der Waals surface area contributed by atoms with E-state index in [2.05, 4.69) is 17.3 Å². The van der Waals surface area contributed by atoms with E-state index < -0.39 is 0 Å². The van der Waals surface area contributed by atoms with Gasteiger partial charge in [0, 0.05) is 33.9 Å². The van der Waals surface area contributed by atoms with Gasteiger partial charge in [-0.2, -0.15) is 5.10 Å². The average Bonchev–Trinajstić information content (AvgIpc) is 3.17. The van der Waals surface area contributed by atoms with Gasteiger partial charge in [-0.15, -0.1) is 0 Å². The summed E-state index contributed by atoms with van der Waals surface area (Å²) in [6, 6.07) is 6.29. The van der Waals surface area contributed by atoms with Crippen LogP contribution in [-0.4, -0.2) is 15.8 Å². The largest absolute Gasteiger partial charge is 0.310 e. The molecule has 5 heteroatoms. The molecule has 3 nitrogen and oxygen atoms in total. The summed E-state index contributed by atoms with van der Waals surface area (Å²) >= 11 is 12.1. The zero-order chi connectivity index (χ0) is 14.1. The molecule has 1 heterocycles. The highest BCUT2D eigenvalue weighted by Gasteiger charge is 2.20. The van der Waals surface area contributed by atoms with Crippen molar-refractivity contribution in [3.8, 4) is 0 Å². The van der Waals surface area contributed by atoms with Crippen LogP contribution in [0.3, 0.4) is 0 Å². The molecule has 0 spiro atoms. The minimum Gasteiger partial charge on any atom is -0.310 e. The smallest absolute Gasteiger partial charge is 0.0677 e. The van der Waals surface area contributed by atoms with E-state index >= 15 is 0 Å². The number of benzene rings is 1. The summed E-state index contributed by atoms with van der Waals surface area (Å²) in [5, 5.41) is 9.31. The summed E-state index contributed by atoms with van der Waals surface area (Å²) in [7, 11) is 0. The van der Waals surface area contributed by atoms with Crippen molar-refractivity contribution in [2.75, 3.05) is 0 Å². The molecule has 0 saturated heterocycles. The lowest BCUT2D eigenvalue weighted by molar-refractivity contribution is 0.654. The fourth-order valence-electron chi connectivity index (χ4n) is 2.17. The highest BCUT2D eigenvalue weighted by molar-refractivity contribution is 6.35. The van der Waals surface area contributed by atoms with E-state index in [1.54, 1.807) is 6.07 Å². The van der Waals surface area contributed by atoms with Gasteiger partial charge in [0.05, 0.1) is 12.7 Å². The molecule has 1 aromatic carbocycles. The molecule has 0 bridgehead atoms. The van der Waals surface area contributed by atoms with Gasteiger partial charge in [-0.3, -0.25) is 4.68 Å². The Morgan fingerprint density at radius 1 is 1.30 bits per heavy atom. The van der Waals surface area contributed by atoms with Crippen LogP contribution < -0.4 is 5.32 Å². The van der Waals surface area contributed by atoms with E-state index in [1.807, 2.05) is 23.0 Å². The topological polar surface area (TPSA) is 29.9 Å². The monoisotopic (exact) mass is 309 g/mol. The van der Waals surface area contributed by atoms with Crippen molar-refractivity contribution >= 4 is 23.2 Å². The number of nitrogens with one attached hydrogen (secondary N) is 1. The molecule has 0 unspecified atom stereocenters. The van der Waals surface area contributed by atoms with Crippen LogP contribution in [0.25, 0.3) is 0 Å². The molecule has 106 valence electrons. The van der Waals surface area contributed by atoms with E-state index in [4.69, 9.17) is 23.2 Å². The standard InChI is InChI=1S/C15H17Cl2N3/c1-10-12(7-18-14-4-5-14)8-19-20(10)9-11-2-3-13(16)6-15(11)17/h2-3,6,8,14,18H,4-5,7,9H2,1H3. The molecule has 1 aromatic heterocycles. The Morgan fingerprint density at radius 2 is 2.10 bits per heavy atom. The first-order chi connectivity index (χ1) is 9.63. The van der Waals surface area contributed by atoms with Crippen LogP contribution in [0.2, 0.25) is 10.0 Å². The second-order valence-electron chi connectivity index (χ2n) is 5.30. The Kier molecular flexibility index (Phi) is 4.01. The van der Waals surface area contributed by atoms with Crippen LogP contribution in [0.1, 0.15) is 29.7 Å². The molecule has 1 saturated carbocycles. The summed E-state index contributed by atoms with van der Waals surface area (Å²) < 4.78 is 1.99. The Balaban J connectivity index is 1.73. The molecule has 1 aliphatic carbocycles. The zero-order valence-electron chi connectivity index (χ0n) is 11.4. The SMILES string of the molecule is Cc1c(CNC2CC2)cnn1Cc1ccc(Cl)cc1Cl. The van der Waals surface area contributed by atoms with Crippen molar-refractivity contribution in [2.24, 2.45) is 0 Å². The van der Waals surface area contributed by atoms with Crippen molar-refractivity contribution in [3.05, 3.63) is 51.3 Å². The molecule has 3 rings (SSSR count). The average molecular weight is 310 g/mol. The molecule has 1 aliphatic rings. The number of halogens is 2. The Hall–Kier alpha value is -1.03. The fraction of sp³-hybridized carbons (Fsp3) is 0.400. The molecule has 2 aromatic rings.